The van der Waals surface area contributed by atoms with Gasteiger partial charge in [0.25, 0.3) is 0 Å². The van der Waals surface area contributed by atoms with Crippen molar-refractivity contribution in [3.05, 3.63) is 231 Å². The number of hydrogen-bond donors (Lipinski definition) is 0. The Bertz CT molecular complexity index is 3300. The van der Waals surface area contributed by atoms with Crippen LogP contribution in [0.25, 0.3) is 101 Å². The van der Waals surface area contributed by atoms with Gasteiger partial charge in [-0.25, -0.2) is 9.97 Å². The van der Waals surface area contributed by atoms with Crippen LogP contribution in [0.1, 0.15) is 0 Å². The third-order valence-corrected chi connectivity index (χ3v) is 16.0. The second-order valence-electron chi connectivity index (χ2n) is 17.0. The fourth-order valence-corrected chi connectivity index (χ4v) is 12.2. The average Bonchev–Trinajstić information content (AvgIpc) is 3.60. The molecule has 3 heteroatoms. The van der Waals surface area contributed by atoms with Crippen molar-refractivity contribution >= 4 is 18.6 Å². The van der Waals surface area contributed by atoms with Crippen molar-refractivity contribution < 1.29 is 0 Å². The van der Waals surface area contributed by atoms with Crippen LogP contribution in [0, 0.1) is 0 Å². The van der Waals surface area contributed by atoms with Crippen molar-refractivity contribution in [2.75, 3.05) is 0 Å². The van der Waals surface area contributed by atoms with Gasteiger partial charge in [0.2, 0.25) is 0 Å². The van der Waals surface area contributed by atoms with Crippen LogP contribution in [0.3, 0.4) is 0 Å². The van der Waals surface area contributed by atoms with Gasteiger partial charge in [0.15, 0.2) is 5.82 Å². The molecule has 1 aliphatic rings. The molecule has 298 valence electrons. The number of rotatable bonds is 8. The Morgan fingerprint density at radius 2 is 0.619 bits per heavy atom. The molecule has 0 N–H and O–H groups in total. The SMILES string of the molecule is C[Si]1(C)c2ccccc2-c2c(-c3cccc(-c4cccc(-c5cccc(-c6ccccc6)c5)c4)c3)nc(-c3cccc(-c4cccc(-c5ccc(-c6ccccc6)cc5)c4)c3)nc21. The summed E-state index contributed by atoms with van der Waals surface area (Å²) in [7, 11) is -2.16. The van der Waals surface area contributed by atoms with Crippen LogP contribution in [0.5, 0.6) is 0 Å². The molecule has 0 saturated heterocycles. The molecular formula is C60H44N2Si. The van der Waals surface area contributed by atoms with Crippen molar-refractivity contribution in [3.63, 3.8) is 0 Å². The molecule has 0 bridgehead atoms. The van der Waals surface area contributed by atoms with Gasteiger partial charge in [-0.2, -0.15) is 0 Å². The third kappa shape index (κ3) is 7.23. The average molecular weight is 821 g/mol. The molecule has 0 amide bonds. The Labute approximate surface area is 370 Å². The van der Waals surface area contributed by atoms with Gasteiger partial charge in [-0.3, -0.25) is 0 Å². The maximum Gasteiger partial charge on any atom is 0.159 e. The summed E-state index contributed by atoms with van der Waals surface area (Å²) >= 11 is 0. The number of benzene rings is 9. The highest BCUT2D eigenvalue weighted by atomic mass is 28.3. The van der Waals surface area contributed by atoms with Crippen LogP contribution in [-0.2, 0) is 0 Å². The summed E-state index contributed by atoms with van der Waals surface area (Å²) < 4.78 is 0. The first kappa shape index (κ1) is 38.2. The van der Waals surface area contributed by atoms with Gasteiger partial charge in [0, 0.05) is 22.0 Å². The predicted molar refractivity (Wildman–Crippen MR) is 268 cm³/mol. The van der Waals surface area contributed by atoms with Crippen molar-refractivity contribution in [1.29, 1.82) is 0 Å². The van der Waals surface area contributed by atoms with Gasteiger partial charge < -0.3 is 0 Å². The molecule has 0 atom stereocenters. The lowest BCUT2D eigenvalue weighted by atomic mass is 9.94. The third-order valence-electron chi connectivity index (χ3n) is 12.6. The van der Waals surface area contributed by atoms with Crippen LogP contribution in [0.4, 0.5) is 0 Å². The first-order valence-corrected chi connectivity index (χ1v) is 24.7. The molecule has 2 nitrogen and oxygen atoms in total. The molecule has 11 rings (SSSR count). The van der Waals surface area contributed by atoms with Crippen LogP contribution in [0.2, 0.25) is 13.1 Å². The van der Waals surface area contributed by atoms with E-state index >= 15 is 0 Å². The van der Waals surface area contributed by atoms with Crippen molar-refractivity contribution in [1.82, 2.24) is 9.97 Å². The quantitative estimate of drug-likeness (QED) is 0.143. The van der Waals surface area contributed by atoms with E-state index in [-0.39, 0.29) is 0 Å². The summed E-state index contributed by atoms with van der Waals surface area (Å²) in [4.78, 5) is 11.0. The minimum absolute atomic E-state index is 0.761. The molecular weight excluding hydrogens is 777 g/mol. The van der Waals surface area contributed by atoms with E-state index in [4.69, 9.17) is 9.97 Å². The van der Waals surface area contributed by atoms with Crippen molar-refractivity contribution in [2.24, 2.45) is 0 Å². The molecule has 2 heterocycles. The summed E-state index contributed by atoms with van der Waals surface area (Å²) in [5.74, 6) is 0.761. The summed E-state index contributed by atoms with van der Waals surface area (Å²) in [5.41, 5.74) is 19.8. The Morgan fingerprint density at radius 1 is 0.286 bits per heavy atom. The van der Waals surface area contributed by atoms with Gasteiger partial charge in [-0.15, -0.1) is 0 Å². The van der Waals surface area contributed by atoms with Gasteiger partial charge >= 0.3 is 0 Å². The molecule has 0 spiro atoms. The highest BCUT2D eigenvalue weighted by Crippen LogP contribution is 2.39. The summed E-state index contributed by atoms with van der Waals surface area (Å²) in [6.07, 6.45) is 0. The molecule has 0 radical (unpaired) electrons. The van der Waals surface area contributed by atoms with E-state index in [2.05, 4.69) is 244 Å². The molecule has 9 aromatic carbocycles. The highest BCUT2D eigenvalue weighted by Gasteiger charge is 2.41. The smallest absolute Gasteiger partial charge is 0.159 e. The zero-order chi connectivity index (χ0) is 42.3. The van der Waals surface area contributed by atoms with E-state index in [0.29, 0.717) is 0 Å². The minimum atomic E-state index is -2.16. The number of nitrogens with zero attached hydrogens (tertiary/aromatic N) is 2. The van der Waals surface area contributed by atoms with Crippen LogP contribution < -0.4 is 10.5 Å². The molecule has 0 aliphatic carbocycles. The second kappa shape index (κ2) is 16.0. The Morgan fingerprint density at radius 3 is 1.13 bits per heavy atom. The molecule has 63 heavy (non-hydrogen) atoms. The van der Waals surface area contributed by atoms with E-state index in [1.807, 2.05) is 0 Å². The van der Waals surface area contributed by atoms with Gasteiger partial charge in [0.05, 0.1) is 5.69 Å². The number of aromatic nitrogens is 2. The molecule has 0 unspecified atom stereocenters. The fourth-order valence-electron chi connectivity index (χ4n) is 9.32. The van der Waals surface area contributed by atoms with Gasteiger partial charge in [-0.1, -0.05) is 213 Å². The molecule has 0 fully saturated rings. The fraction of sp³-hybridized carbons (Fsp3) is 0.0333. The molecule has 1 aromatic heterocycles. The standard InChI is InChI=1S/C60H44N2Si/c1-63(2)56-31-10-9-30-55(56)57-58(53-28-14-26-51(39-53)50-25-13-24-49(38-50)47-22-11-20-45(36-47)42-18-7-4-8-19-42)61-59(62-60(57)63)54-29-15-27-52(40-54)48-23-12-21-46(37-48)44-34-32-43(33-35-44)41-16-5-3-6-17-41/h3-40H,1-2H3. The Kier molecular flexibility index (Phi) is 9.68. The monoisotopic (exact) mass is 820 g/mol. The normalized spacial score (nSPS) is 12.4. The first-order valence-electron chi connectivity index (χ1n) is 21.7. The van der Waals surface area contributed by atoms with Crippen LogP contribution >= 0.6 is 0 Å². The lowest BCUT2D eigenvalue weighted by Crippen LogP contribution is -2.50. The molecule has 1 aliphatic heterocycles. The Balaban J connectivity index is 0.976. The minimum Gasteiger partial charge on any atom is -0.237 e. The second-order valence-corrected chi connectivity index (χ2v) is 21.3. The van der Waals surface area contributed by atoms with Crippen LogP contribution in [-0.4, -0.2) is 18.0 Å². The van der Waals surface area contributed by atoms with Gasteiger partial charge in [0.1, 0.15) is 8.07 Å². The highest BCUT2D eigenvalue weighted by molar-refractivity contribution is 7.03. The van der Waals surface area contributed by atoms with E-state index in [0.717, 1.165) is 39.3 Å². The largest absolute Gasteiger partial charge is 0.237 e. The van der Waals surface area contributed by atoms with Gasteiger partial charge in [-0.05, 0) is 108 Å². The predicted octanol–water partition coefficient (Wildman–Crippen LogP) is 14.6. The number of hydrogen-bond acceptors (Lipinski definition) is 2. The topological polar surface area (TPSA) is 25.8 Å². The number of fused-ring (bicyclic) bond motifs is 3. The lowest BCUT2D eigenvalue weighted by Gasteiger charge is -2.19. The van der Waals surface area contributed by atoms with E-state index in [9.17, 15) is 0 Å². The van der Waals surface area contributed by atoms with Crippen LogP contribution in [0.15, 0.2) is 231 Å². The summed E-state index contributed by atoms with van der Waals surface area (Å²) in [6.45, 7) is 4.86. The molecule has 0 saturated carbocycles. The summed E-state index contributed by atoms with van der Waals surface area (Å²) in [5, 5.41) is 2.61. The maximum atomic E-state index is 5.53. The Hall–Kier alpha value is -7.72. The lowest BCUT2D eigenvalue weighted by molar-refractivity contribution is 1.21. The first-order chi connectivity index (χ1) is 31.0. The zero-order valence-corrected chi connectivity index (χ0v) is 36.3. The zero-order valence-electron chi connectivity index (χ0n) is 35.3. The molecule has 10 aromatic rings. The maximum absolute atomic E-state index is 5.53. The van der Waals surface area contributed by atoms with E-state index in [1.54, 1.807) is 0 Å². The van der Waals surface area contributed by atoms with E-state index < -0.39 is 8.07 Å². The van der Waals surface area contributed by atoms with Crippen molar-refractivity contribution in [3.8, 4) is 101 Å². The summed E-state index contributed by atoms with van der Waals surface area (Å²) in [6, 6.07) is 83.1. The van der Waals surface area contributed by atoms with Crippen molar-refractivity contribution in [2.45, 2.75) is 13.1 Å². The van der Waals surface area contributed by atoms with E-state index in [1.165, 1.54) is 71.7 Å².